The first kappa shape index (κ1) is 18.1. The van der Waals surface area contributed by atoms with Crippen LogP contribution in [0.4, 0.5) is 10.5 Å². The van der Waals surface area contributed by atoms with E-state index in [1.807, 2.05) is 13.8 Å². The summed E-state index contributed by atoms with van der Waals surface area (Å²) in [5.74, 6) is 0.377. The number of carbonyl (C=O) groups excluding carboxylic acids is 2. The predicted octanol–water partition coefficient (Wildman–Crippen LogP) is 2.04. The molecule has 0 heterocycles. The molecule has 2 amide bonds. The zero-order valence-electron chi connectivity index (χ0n) is 13.3. The standard InChI is InChI=1S/C16H24N2O4/c1-11(2)9-22-10-15(20)8-17-16(21)18-14-6-4-13(5-7-14)12(3)19/h4-7,11,15,20H,8-10H2,1-3H3,(H2,17,18,21). The average molecular weight is 308 g/mol. The fraction of sp³-hybridized carbons (Fsp3) is 0.500. The molecule has 3 N–H and O–H groups in total. The molecule has 1 aromatic rings. The number of ketones is 1. The van der Waals surface area contributed by atoms with Crippen LogP contribution in [0.3, 0.4) is 0 Å². The molecule has 1 atom stereocenters. The maximum absolute atomic E-state index is 11.7. The van der Waals surface area contributed by atoms with Gasteiger partial charge < -0.3 is 20.5 Å². The smallest absolute Gasteiger partial charge is 0.319 e. The van der Waals surface area contributed by atoms with Gasteiger partial charge in [-0.3, -0.25) is 4.79 Å². The number of hydrogen-bond donors (Lipinski definition) is 3. The van der Waals surface area contributed by atoms with Gasteiger partial charge in [-0.15, -0.1) is 0 Å². The minimum absolute atomic E-state index is 0.0273. The molecule has 122 valence electrons. The van der Waals surface area contributed by atoms with Crippen LogP contribution in [0, 0.1) is 5.92 Å². The maximum Gasteiger partial charge on any atom is 0.319 e. The highest BCUT2D eigenvalue weighted by Crippen LogP contribution is 2.09. The lowest BCUT2D eigenvalue weighted by Gasteiger charge is -2.14. The molecule has 0 aliphatic heterocycles. The fourth-order valence-corrected chi connectivity index (χ4v) is 1.67. The van der Waals surface area contributed by atoms with Crippen molar-refractivity contribution in [1.82, 2.24) is 5.32 Å². The molecule has 0 aliphatic carbocycles. The highest BCUT2D eigenvalue weighted by molar-refractivity contribution is 5.95. The number of nitrogens with one attached hydrogen (secondary N) is 2. The molecule has 0 spiro atoms. The molecular formula is C16H24N2O4. The molecule has 6 heteroatoms. The van der Waals surface area contributed by atoms with Gasteiger partial charge in [0.15, 0.2) is 5.78 Å². The summed E-state index contributed by atoms with van der Waals surface area (Å²) in [6, 6.07) is 6.18. The van der Waals surface area contributed by atoms with Gasteiger partial charge in [0, 0.05) is 24.4 Å². The minimum Gasteiger partial charge on any atom is -0.389 e. The Morgan fingerprint density at radius 1 is 1.18 bits per heavy atom. The summed E-state index contributed by atoms with van der Waals surface area (Å²) in [6.45, 7) is 6.40. The van der Waals surface area contributed by atoms with E-state index < -0.39 is 12.1 Å². The molecule has 6 nitrogen and oxygen atoms in total. The second-order valence-electron chi connectivity index (χ2n) is 5.55. The number of aliphatic hydroxyl groups is 1. The summed E-state index contributed by atoms with van der Waals surface area (Å²) in [7, 11) is 0. The number of ether oxygens (including phenoxy) is 1. The van der Waals surface area contributed by atoms with Crippen LogP contribution in [0.2, 0.25) is 0 Å². The summed E-state index contributed by atoms with van der Waals surface area (Å²) in [5, 5.41) is 14.9. The Hall–Kier alpha value is -1.92. The fourth-order valence-electron chi connectivity index (χ4n) is 1.67. The number of urea groups is 1. The molecule has 22 heavy (non-hydrogen) atoms. The van der Waals surface area contributed by atoms with Crippen LogP contribution in [0.15, 0.2) is 24.3 Å². The minimum atomic E-state index is -0.746. The predicted molar refractivity (Wildman–Crippen MR) is 85.1 cm³/mol. The van der Waals surface area contributed by atoms with Crippen LogP contribution in [0.25, 0.3) is 0 Å². The van der Waals surface area contributed by atoms with Crippen LogP contribution >= 0.6 is 0 Å². The number of amides is 2. The van der Waals surface area contributed by atoms with E-state index in [1.54, 1.807) is 24.3 Å². The molecule has 0 aliphatic rings. The normalized spacial score (nSPS) is 12.0. The summed E-state index contributed by atoms with van der Waals surface area (Å²) >= 11 is 0. The number of benzene rings is 1. The van der Waals surface area contributed by atoms with Gasteiger partial charge >= 0.3 is 6.03 Å². The number of carbonyl (C=O) groups is 2. The van der Waals surface area contributed by atoms with Crippen molar-refractivity contribution >= 4 is 17.5 Å². The lowest BCUT2D eigenvalue weighted by Crippen LogP contribution is -2.37. The monoisotopic (exact) mass is 308 g/mol. The highest BCUT2D eigenvalue weighted by Gasteiger charge is 2.08. The highest BCUT2D eigenvalue weighted by atomic mass is 16.5. The molecule has 0 saturated heterocycles. The quantitative estimate of drug-likeness (QED) is 0.641. The SMILES string of the molecule is CC(=O)c1ccc(NC(=O)NCC(O)COCC(C)C)cc1. The first-order chi connectivity index (χ1) is 10.4. The van der Waals surface area contributed by atoms with Crippen LogP contribution in [0.1, 0.15) is 31.1 Å². The number of aliphatic hydroxyl groups excluding tert-OH is 1. The second-order valence-corrected chi connectivity index (χ2v) is 5.55. The topological polar surface area (TPSA) is 87.7 Å². The summed E-state index contributed by atoms with van der Waals surface area (Å²) in [5.41, 5.74) is 1.16. The molecule has 1 unspecified atom stereocenters. The maximum atomic E-state index is 11.7. The van der Waals surface area contributed by atoms with Gasteiger partial charge in [-0.1, -0.05) is 13.8 Å². The summed E-state index contributed by atoms with van der Waals surface area (Å²) < 4.78 is 5.29. The van der Waals surface area contributed by atoms with E-state index in [0.717, 1.165) is 0 Å². The molecule has 0 bridgehead atoms. The molecule has 0 saturated carbocycles. The Balaban J connectivity index is 2.29. The van der Waals surface area contributed by atoms with Gasteiger partial charge in [-0.25, -0.2) is 4.79 Å². The van der Waals surface area contributed by atoms with Crippen molar-refractivity contribution in [2.24, 2.45) is 5.92 Å². The van der Waals surface area contributed by atoms with Crippen molar-refractivity contribution in [2.45, 2.75) is 26.9 Å². The Kier molecular flexibility index (Phi) is 7.56. The van der Waals surface area contributed by atoms with Crippen molar-refractivity contribution < 1.29 is 19.4 Å². The summed E-state index contributed by atoms with van der Waals surface area (Å²) in [6.07, 6.45) is -0.746. The third-order valence-corrected chi connectivity index (χ3v) is 2.81. The van der Waals surface area contributed by atoms with E-state index in [2.05, 4.69) is 10.6 Å². The largest absolute Gasteiger partial charge is 0.389 e. The lowest BCUT2D eigenvalue weighted by atomic mass is 10.1. The Morgan fingerprint density at radius 2 is 1.82 bits per heavy atom. The first-order valence-corrected chi connectivity index (χ1v) is 7.30. The van der Waals surface area contributed by atoms with Gasteiger partial charge in [0.1, 0.15) is 0 Å². The average Bonchev–Trinajstić information content (AvgIpc) is 2.45. The number of Topliss-reactive ketones (excluding diaryl/α,β-unsaturated/α-hetero) is 1. The molecule has 1 rings (SSSR count). The number of hydrogen-bond acceptors (Lipinski definition) is 4. The van der Waals surface area contributed by atoms with Crippen molar-refractivity contribution in [2.75, 3.05) is 25.1 Å². The summed E-state index contributed by atoms with van der Waals surface area (Å²) in [4.78, 5) is 22.8. The third-order valence-electron chi connectivity index (χ3n) is 2.81. The van der Waals surface area contributed by atoms with Gasteiger partial charge in [0.25, 0.3) is 0 Å². The zero-order valence-corrected chi connectivity index (χ0v) is 13.3. The number of anilines is 1. The number of rotatable bonds is 8. The molecule has 0 radical (unpaired) electrons. The van der Waals surface area contributed by atoms with Crippen LogP contribution in [-0.4, -0.2) is 42.8 Å². The van der Waals surface area contributed by atoms with E-state index >= 15 is 0 Å². The Bertz CT molecular complexity index is 485. The van der Waals surface area contributed by atoms with E-state index in [4.69, 9.17) is 4.74 Å². The van der Waals surface area contributed by atoms with Crippen LogP contribution in [0.5, 0.6) is 0 Å². The third kappa shape index (κ3) is 7.19. The van der Waals surface area contributed by atoms with Crippen molar-refractivity contribution in [3.63, 3.8) is 0 Å². The van der Waals surface area contributed by atoms with Gasteiger partial charge in [0.05, 0.1) is 12.7 Å². The van der Waals surface area contributed by atoms with Crippen LogP contribution < -0.4 is 10.6 Å². The molecule has 0 aromatic heterocycles. The molecule has 1 aromatic carbocycles. The van der Waals surface area contributed by atoms with E-state index in [-0.39, 0.29) is 18.9 Å². The van der Waals surface area contributed by atoms with Crippen molar-refractivity contribution in [3.05, 3.63) is 29.8 Å². The van der Waals surface area contributed by atoms with E-state index in [1.165, 1.54) is 6.92 Å². The second kappa shape index (κ2) is 9.17. The zero-order chi connectivity index (χ0) is 16.5. The van der Waals surface area contributed by atoms with Crippen molar-refractivity contribution in [1.29, 1.82) is 0 Å². The van der Waals surface area contributed by atoms with E-state index in [0.29, 0.717) is 23.8 Å². The molecule has 0 fully saturated rings. The lowest BCUT2D eigenvalue weighted by molar-refractivity contribution is 0.0274. The van der Waals surface area contributed by atoms with Gasteiger partial charge in [-0.05, 0) is 37.1 Å². The van der Waals surface area contributed by atoms with Gasteiger partial charge in [-0.2, -0.15) is 0 Å². The van der Waals surface area contributed by atoms with Crippen LogP contribution in [-0.2, 0) is 4.74 Å². The van der Waals surface area contributed by atoms with E-state index in [9.17, 15) is 14.7 Å². The Labute approximate surface area is 130 Å². The van der Waals surface area contributed by atoms with Gasteiger partial charge in [0.2, 0.25) is 0 Å². The molecular weight excluding hydrogens is 284 g/mol. The Morgan fingerprint density at radius 3 is 2.36 bits per heavy atom. The van der Waals surface area contributed by atoms with Crippen molar-refractivity contribution in [3.8, 4) is 0 Å². The first-order valence-electron chi connectivity index (χ1n) is 7.30.